The SMILES string of the molecule is CNC(=O)c1ccc(/C=C\C(=O)Oc2ccc3oc(=O)sc3c2)cc1. The molecule has 0 spiro atoms. The molecule has 0 aliphatic heterocycles. The van der Waals surface area contributed by atoms with Crippen LogP contribution in [-0.4, -0.2) is 18.9 Å². The Labute approximate surface area is 146 Å². The normalized spacial score (nSPS) is 10.9. The monoisotopic (exact) mass is 355 g/mol. The third-order valence-corrected chi connectivity index (χ3v) is 4.12. The van der Waals surface area contributed by atoms with Crippen LogP contribution in [0.3, 0.4) is 0 Å². The zero-order chi connectivity index (χ0) is 17.8. The molecule has 7 heteroatoms. The zero-order valence-electron chi connectivity index (χ0n) is 13.1. The van der Waals surface area contributed by atoms with Crippen molar-refractivity contribution in [2.75, 3.05) is 7.05 Å². The molecule has 0 aliphatic rings. The van der Waals surface area contributed by atoms with E-state index in [9.17, 15) is 14.4 Å². The molecule has 126 valence electrons. The second-order valence-corrected chi connectivity index (χ2v) is 6.00. The fraction of sp³-hybridized carbons (Fsp3) is 0.0556. The van der Waals surface area contributed by atoms with E-state index < -0.39 is 10.9 Å². The predicted molar refractivity (Wildman–Crippen MR) is 94.9 cm³/mol. The summed E-state index contributed by atoms with van der Waals surface area (Å²) >= 11 is 0.945. The lowest BCUT2D eigenvalue weighted by Gasteiger charge is -2.01. The zero-order valence-corrected chi connectivity index (χ0v) is 14.0. The second-order valence-electron chi connectivity index (χ2n) is 5.02. The van der Waals surface area contributed by atoms with Gasteiger partial charge in [0, 0.05) is 24.8 Å². The lowest BCUT2D eigenvalue weighted by molar-refractivity contribution is -0.128. The Kier molecular flexibility index (Phi) is 4.76. The number of esters is 1. The number of nitrogens with one attached hydrogen (secondary N) is 1. The lowest BCUT2D eigenvalue weighted by atomic mass is 10.1. The summed E-state index contributed by atoms with van der Waals surface area (Å²) in [6, 6.07) is 11.5. The van der Waals surface area contributed by atoms with Crippen LogP contribution in [0.2, 0.25) is 0 Å². The van der Waals surface area contributed by atoms with Gasteiger partial charge in [-0.05, 0) is 35.9 Å². The Bertz CT molecular complexity index is 1010. The van der Waals surface area contributed by atoms with Crippen molar-refractivity contribution < 1.29 is 18.7 Å². The molecular weight excluding hydrogens is 342 g/mol. The number of hydrogen-bond acceptors (Lipinski definition) is 6. The van der Waals surface area contributed by atoms with Crippen molar-refractivity contribution in [3.05, 3.63) is 69.4 Å². The number of benzene rings is 2. The van der Waals surface area contributed by atoms with Crippen LogP contribution >= 0.6 is 11.3 Å². The van der Waals surface area contributed by atoms with E-state index in [-0.39, 0.29) is 5.91 Å². The Morgan fingerprint density at radius 3 is 2.64 bits per heavy atom. The number of hydrogen-bond donors (Lipinski definition) is 1. The van der Waals surface area contributed by atoms with Gasteiger partial charge in [0.2, 0.25) is 0 Å². The third-order valence-electron chi connectivity index (χ3n) is 3.33. The molecule has 3 aromatic rings. The molecule has 0 aliphatic carbocycles. The number of carbonyl (C=O) groups excluding carboxylic acids is 2. The van der Waals surface area contributed by atoms with Gasteiger partial charge in [0.05, 0.1) is 4.70 Å². The van der Waals surface area contributed by atoms with E-state index in [1.54, 1.807) is 55.6 Å². The Balaban J connectivity index is 1.67. The summed E-state index contributed by atoms with van der Waals surface area (Å²) < 4.78 is 10.8. The van der Waals surface area contributed by atoms with E-state index in [1.165, 1.54) is 6.08 Å². The van der Waals surface area contributed by atoms with E-state index >= 15 is 0 Å². The maximum absolute atomic E-state index is 11.9. The van der Waals surface area contributed by atoms with Gasteiger partial charge in [-0.15, -0.1) is 0 Å². The van der Waals surface area contributed by atoms with Crippen LogP contribution in [0.15, 0.2) is 57.8 Å². The lowest BCUT2D eigenvalue weighted by Crippen LogP contribution is -2.17. The van der Waals surface area contributed by atoms with Gasteiger partial charge in [-0.1, -0.05) is 23.5 Å². The molecule has 3 rings (SSSR count). The highest BCUT2D eigenvalue weighted by atomic mass is 32.1. The summed E-state index contributed by atoms with van der Waals surface area (Å²) in [5.41, 5.74) is 1.75. The van der Waals surface area contributed by atoms with Crippen LogP contribution in [-0.2, 0) is 4.79 Å². The molecule has 1 amide bonds. The van der Waals surface area contributed by atoms with Crippen LogP contribution in [0.5, 0.6) is 5.75 Å². The summed E-state index contributed by atoms with van der Waals surface area (Å²) in [6.45, 7) is 0. The fourth-order valence-corrected chi connectivity index (χ4v) is 2.82. The minimum atomic E-state index is -0.550. The van der Waals surface area contributed by atoms with Gasteiger partial charge in [0.25, 0.3) is 5.91 Å². The van der Waals surface area contributed by atoms with Crippen molar-refractivity contribution >= 4 is 39.6 Å². The van der Waals surface area contributed by atoms with Crippen molar-refractivity contribution in [2.24, 2.45) is 0 Å². The first-order chi connectivity index (χ1) is 12.0. The minimum Gasteiger partial charge on any atom is -0.423 e. The molecule has 0 atom stereocenters. The van der Waals surface area contributed by atoms with Crippen LogP contribution in [0, 0.1) is 0 Å². The van der Waals surface area contributed by atoms with Crippen molar-refractivity contribution in [3.63, 3.8) is 0 Å². The molecule has 0 unspecified atom stereocenters. The fourth-order valence-electron chi connectivity index (χ4n) is 2.12. The Hall–Kier alpha value is -3.19. The van der Waals surface area contributed by atoms with Crippen LogP contribution in [0.1, 0.15) is 15.9 Å². The average molecular weight is 355 g/mol. The topological polar surface area (TPSA) is 85.6 Å². The quantitative estimate of drug-likeness (QED) is 0.442. The van der Waals surface area contributed by atoms with Crippen molar-refractivity contribution in [3.8, 4) is 5.75 Å². The van der Waals surface area contributed by atoms with Crippen LogP contribution < -0.4 is 15.0 Å². The van der Waals surface area contributed by atoms with Crippen molar-refractivity contribution in [1.82, 2.24) is 5.32 Å². The van der Waals surface area contributed by atoms with Gasteiger partial charge in [0.1, 0.15) is 11.3 Å². The standard InChI is InChI=1S/C18H13NO5S/c1-19-17(21)12-5-2-11(3-6-12)4-9-16(20)23-13-7-8-14-15(10-13)25-18(22)24-14/h2-10H,1H3,(H,19,21)/b9-4-. The molecule has 25 heavy (non-hydrogen) atoms. The summed E-state index contributed by atoms with van der Waals surface area (Å²) in [5, 5.41) is 2.54. The number of rotatable bonds is 4. The van der Waals surface area contributed by atoms with Crippen molar-refractivity contribution in [1.29, 1.82) is 0 Å². The Morgan fingerprint density at radius 1 is 1.16 bits per heavy atom. The molecule has 1 heterocycles. The third kappa shape index (κ3) is 4.02. The van der Waals surface area contributed by atoms with Gasteiger partial charge in [-0.3, -0.25) is 4.79 Å². The molecule has 0 fully saturated rings. The molecule has 0 bridgehead atoms. The Morgan fingerprint density at radius 2 is 1.92 bits per heavy atom. The largest absolute Gasteiger partial charge is 0.423 e. The van der Waals surface area contributed by atoms with Gasteiger partial charge < -0.3 is 14.5 Å². The average Bonchev–Trinajstić information content (AvgIpc) is 2.99. The van der Waals surface area contributed by atoms with Crippen LogP contribution in [0.25, 0.3) is 16.4 Å². The molecule has 2 aromatic carbocycles. The highest BCUT2D eigenvalue weighted by Gasteiger charge is 2.06. The van der Waals surface area contributed by atoms with Crippen molar-refractivity contribution in [2.45, 2.75) is 0 Å². The maximum Gasteiger partial charge on any atom is 0.396 e. The smallest absolute Gasteiger partial charge is 0.396 e. The summed E-state index contributed by atoms with van der Waals surface area (Å²) in [7, 11) is 1.56. The number of amides is 1. The van der Waals surface area contributed by atoms with Crippen LogP contribution in [0.4, 0.5) is 0 Å². The first-order valence-electron chi connectivity index (χ1n) is 7.31. The first kappa shape index (κ1) is 16.7. The molecule has 0 radical (unpaired) electrons. The molecule has 1 N–H and O–H groups in total. The molecular formula is C18H13NO5S. The van der Waals surface area contributed by atoms with E-state index in [2.05, 4.69) is 5.32 Å². The summed E-state index contributed by atoms with van der Waals surface area (Å²) in [5.74, 6) is -0.397. The summed E-state index contributed by atoms with van der Waals surface area (Å²) in [6.07, 6.45) is 2.88. The van der Waals surface area contributed by atoms with E-state index in [0.29, 0.717) is 21.6 Å². The van der Waals surface area contributed by atoms with Gasteiger partial charge in [-0.2, -0.15) is 0 Å². The number of fused-ring (bicyclic) bond motifs is 1. The second kappa shape index (κ2) is 7.14. The van der Waals surface area contributed by atoms with Gasteiger partial charge in [0.15, 0.2) is 0 Å². The van der Waals surface area contributed by atoms with E-state index in [4.69, 9.17) is 9.15 Å². The molecule has 6 nitrogen and oxygen atoms in total. The number of ether oxygens (including phenoxy) is 1. The van der Waals surface area contributed by atoms with E-state index in [0.717, 1.165) is 16.9 Å². The first-order valence-corrected chi connectivity index (χ1v) is 8.12. The highest BCUT2D eigenvalue weighted by molar-refractivity contribution is 7.16. The molecule has 0 saturated carbocycles. The van der Waals surface area contributed by atoms with E-state index in [1.807, 2.05) is 0 Å². The maximum atomic E-state index is 11.9. The predicted octanol–water partition coefficient (Wildman–Crippen LogP) is 2.83. The molecule has 1 aromatic heterocycles. The molecule has 0 saturated heterocycles. The number of carbonyl (C=O) groups is 2. The highest BCUT2D eigenvalue weighted by Crippen LogP contribution is 2.23. The van der Waals surface area contributed by atoms with Gasteiger partial charge >= 0.3 is 10.9 Å². The van der Waals surface area contributed by atoms with Gasteiger partial charge in [-0.25, -0.2) is 9.59 Å². The minimum absolute atomic E-state index is 0.174. The summed E-state index contributed by atoms with van der Waals surface area (Å²) in [4.78, 5) is 34.1.